The fourth-order valence-corrected chi connectivity index (χ4v) is 6.49. The summed E-state index contributed by atoms with van der Waals surface area (Å²) in [5, 5.41) is 0. The Labute approximate surface area is 293 Å². The van der Waals surface area contributed by atoms with Crippen LogP contribution in [0.2, 0.25) is 0 Å². The minimum Gasteiger partial charge on any atom is -0.310 e. The van der Waals surface area contributed by atoms with Gasteiger partial charge in [0, 0.05) is 68.8 Å². The summed E-state index contributed by atoms with van der Waals surface area (Å²) in [6, 6.07) is 67.4. The van der Waals surface area contributed by atoms with Crippen molar-refractivity contribution in [1.82, 2.24) is 9.97 Å². The first-order chi connectivity index (χ1) is 24.8. The van der Waals surface area contributed by atoms with Crippen molar-refractivity contribution in [2.45, 2.75) is 0 Å². The first kappa shape index (κ1) is 30.5. The molecule has 0 atom stereocenters. The fraction of sp³-hybridized carbons (Fsp3) is 0. The fourth-order valence-electron chi connectivity index (χ4n) is 6.49. The number of para-hydroxylation sites is 4. The Kier molecular flexibility index (Phi) is 8.64. The predicted molar refractivity (Wildman–Crippen MR) is 208 cm³/mol. The minimum atomic E-state index is 0.899. The maximum absolute atomic E-state index is 4.98. The summed E-state index contributed by atoms with van der Waals surface area (Å²) in [5.41, 5.74) is 12.4. The zero-order chi connectivity index (χ0) is 33.5. The van der Waals surface area contributed by atoms with E-state index in [1.807, 2.05) is 48.8 Å². The molecule has 0 N–H and O–H groups in total. The van der Waals surface area contributed by atoms with Crippen molar-refractivity contribution in [3.63, 3.8) is 0 Å². The summed E-state index contributed by atoms with van der Waals surface area (Å²) < 4.78 is 0. The van der Waals surface area contributed by atoms with Gasteiger partial charge in [0.05, 0.1) is 11.4 Å². The van der Waals surface area contributed by atoms with E-state index in [1.54, 1.807) is 0 Å². The van der Waals surface area contributed by atoms with E-state index in [0.29, 0.717) is 0 Å². The van der Waals surface area contributed by atoms with E-state index in [0.717, 1.165) is 67.8 Å². The third-order valence-corrected chi connectivity index (χ3v) is 8.72. The number of pyridine rings is 2. The zero-order valence-corrected chi connectivity index (χ0v) is 27.4. The van der Waals surface area contributed by atoms with Gasteiger partial charge in [-0.25, -0.2) is 0 Å². The number of rotatable bonds is 9. The van der Waals surface area contributed by atoms with Crippen LogP contribution in [0.5, 0.6) is 0 Å². The van der Waals surface area contributed by atoms with E-state index in [-0.39, 0.29) is 0 Å². The van der Waals surface area contributed by atoms with Crippen LogP contribution < -0.4 is 9.80 Å². The molecule has 0 fully saturated rings. The van der Waals surface area contributed by atoms with Crippen LogP contribution in [0.3, 0.4) is 0 Å². The van der Waals surface area contributed by atoms with Gasteiger partial charge in [0.15, 0.2) is 0 Å². The highest BCUT2D eigenvalue weighted by molar-refractivity contribution is 5.91. The average Bonchev–Trinajstić information content (AvgIpc) is 3.20. The van der Waals surface area contributed by atoms with Crippen molar-refractivity contribution >= 4 is 34.1 Å². The lowest BCUT2D eigenvalue weighted by molar-refractivity contribution is 1.27. The van der Waals surface area contributed by atoms with E-state index in [2.05, 4.69) is 168 Å². The van der Waals surface area contributed by atoms with Crippen LogP contribution in [0.1, 0.15) is 0 Å². The Morgan fingerprint density at radius 2 is 0.600 bits per heavy atom. The van der Waals surface area contributed by atoms with Crippen LogP contribution in [0.15, 0.2) is 207 Å². The number of anilines is 6. The second kappa shape index (κ2) is 14.1. The number of aromatic nitrogens is 2. The monoisotopic (exact) mass is 642 g/mol. The quantitative estimate of drug-likeness (QED) is 0.157. The molecule has 238 valence electrons. The average molecular weight is 643 g/mol. The largest absolute Gasteiger partial charge is 0.310 e. The highest BCUT2D eigenvalue weighted by Crippen LogP contribution is 2.41. The summed E-state index contributed by atoms with van der Waals surface area (Å²) in [6.07, 6.45) is 3.73. The first-order valence-electron chi connectivity index (χ1n) is 16.8. The van der Waals surface area contributed by atoms with E-state index < -0.39 is 0 Å². The van der Waals surface area contributed by atoms with E-state index in [1.165, 1.54) is 0 Å². The Bertz CT molecular complexity index is 2080. The first-order valence-corrected chi connectivity index (χ1v) is 16.8. The molecule has 2 heterocycles. The van der Waals surface area contributed by atoms with Crippen molar-refractivity contribution in [3.8, 4) is 33.6 Å². The molecule has 0 saturated carbocycles. The molecule has 4 heteroatoms. The third-order valence-electron chi connectivity index (χ3n) is 8.72. The van der Waals surface area contributed by atoms with Gasteiger partial charge in [0.1, 0.15) is 0 Å². The van der Waals surface area contributed by atoms with Crippen LogP contribution in [0.4, 0.5) is 34.1 Å². The smallest absolute Gasteiger partial charge is 0.0781 e. The molecule has 0 unspecified atom stereocenters. The van der Waals surface area contributed by atoms with E-state index >= 15 is 0 Å². The van der Waals surface area contributed by atoms with Crippen LogP contribution in [0.25, 0.3) is 33.6 Å². The van der Waals surface area contributed by atoms with Gasteiger partial charge >= 0.3 is 0 Å². The maximum Gasteiger partial charge on any atom is 0.0781 e. The molecule has 0 aliphatic carbocycles. The normalized spacial score (nSPS) is 10.8. The molecule has 0 aliphatic rings. The topological polar surface area (TPSA) is 32.3 Å². The van der Waals surface area contributed by atoms with E-state index in [4.69, 9.17) is 9.97 Å². The Hall–Kier alpha value is -6.78. The molecule has 2 aromatic heterocycles. The third kappa shape index (κ3) is 6.26. The summed E-state index contributed by atoms with van der Waals surface area (Å²) in [5.74, 6) is 0. The number of nitrogens with zero attached hydrogens (tertiary/aromatic N) is 4. The Morgan fingerprint density at radius 1 is 0.280 bits per heavy atom. The lowest BCUT2D eigenvalue weighted by Crippen LogP contribution is -2.09. The molecule has 0 spiro atoms. The maximum atomic E-state index is 4.98. The van der Waals surface area contributed by atoms with Gasteiger partial charge in [-0.1, -0.05) is 109 Å². The molecular formula is C46H34N4. The van der Waals surface area contributed by atoms with Crippen molar-refractivity contribution in [3.05, 3.63) is 207 Å². The molecular weight excluding hydrogens is 609 g/mol. The van der Waals surface area contributed by atoms with Gasteiger partial charge in [0.2, 0.25) is 0 Å². The van der Waals surface area contributed by atoms with Gasteiger partial charge in [-0.2, -0.15) is 0 Å². The van der Waals surface area contributed by atoms with Crippen LogP contribution >= 0.6 is 0 Å². The second-order valence-corrected chi connectivity index (χ2v) is 11.9. The van der Waals surface area contributed by atoms with Gasteiger partial charge in [-0.15, -0.1) is 0 Å². The second-order valence-electron chi connectivity index (χ2n) is 11.9. The van der Waals surface area contributed by atoms with Crippen molar-refractivity contribution in [2.24, 2.45) is 0 Å². The van der Waals surface area contributed by atoms with Crippen LogP contribution in [-0.2, 0) is 0 Å². The van der Waals surface area contributed by atoms with Gasteiger partial charge < -0.3 is 9.80 Å². The Balaban J connectivity index is 1.22. The molecule has 0 aliphatic heterocycles. The summed E-state index contributed by atoms with van der Waals surface area (Å²) in [7, 11) is 0. The summed E-state index contributed by atoms with van der Waals surface area (Å²) in [6.45, 7) is 0. The van der Waals surface area contributed by atoms with Crippen LogP contribution in [0, 0.1) is 0 Å². The molecule has 0 saturated heterocycles. The SMILES string of the molecule is c1ccc(N(c2ccccc2)c2cccc(-c3ncccc3-c3cccnc3-c3cccc(N(c4ccccc4)c4ccccc4)c3)c2)cc1. The van der Waals surface area contributed by atoms with Crippen molar-refractivity contribution < 1.29 is 0 Å². The van der Waals surface area contributed by atoms with E-state index in [9.17, 15) is 0 Å². The molecule has 6 aromatic carbocycles. The van der Waals surface area contributed by atoms with Crippen molar-refractivity contribution in [1.29, 1.82) is 0 Å². The highest BCUT2D eigenvalue weighted by Gasteiger charge is 2.19. The standard InChI is InChI=1S/C46H34N4/c1-5-19-37(20-6-1)49(38-21-7-2-8-22-38)41-27-13-17-35(33-41)45-43(29-15-31-47-45)44-30-16-32-48-46(44)36-18-14-28-42(34-36)50(39-23-9-3-10-24-39)40-25-11-4-12-26-40/h1-34H. The number of benzene rings is 6. The Morgan fingerprint density at radius 3 is 0.940 bits per heavy atom. The molecule has 0 radical (unpaired) electrons. The highest BCUT2D eigenvalue weighted by atomic mass is 15.1. The minimum absolute atomic E-state index is 0.899. The van der Waals surface area contributed by atoms with Crippen molar-refractivity contribution in [2.75, 3.05) is 9.80 Å². The summed E-state index contributed by atoms with van der Waals surface area (Å²) in [4.78, 5) is 14.5. The summed E-state index contributed by atoms with van der Waals surface area (Å²) >= 11 is 0. The van der Waals surface area contributed by atoms with Gasteiger partial charge in [-0.3, -0.25) is 9.97 Å². The number of hydrogen-bond donors (Lipinski definition) is 0. The molecule has 8 rings (SSSR count). The van der Waals surface area contributed by atoms with Gasteiger partial charge in [-0.05, 0) is 84.9 Å². The molecule has 0 amide bonds. The molecule has 8 aromatic rings. The predicted octanol–water partition coefficient (Wildman–Crippen LogP) is 12.4. The lowest BCUT2D eigenvalue weighted by atomic mass is 9.95. The van der Waals surface area contributed by atoms with Gasteiger partial charge in [0.25, 0.3) is 0 Å². The molecule has 0 bridgehead atoms. The lowest BCUT2D eigenvalue weighted by Gasteiger charge is -2.26. The molecule has 50 heavy (non-hydrogen) atoms. The van der Waals surface area contributed by atoms with Crippen LogP contribution in [-0.4, -0.2) is 9.97 Å². The number of hydrogen-bond acceptors (Lipinski definition) is 4. The molecule has 4 nitrogen and oxygen atoms in total. The zero-order valence-electron chi connectivity index (χ0n) is 27.4.